The number of benzene rings is 12. The second-order valence-corrected chi connectivity index (χ2v) is 29.1. The molecule has 0 fully saturated rings. The Morgan fingerprint density at radius 2 is 0.268 bits per heavy atom. The van der Waals surface area contributed by atoms with Gasteiger partial charge >= 0.3 is 40.8 Å². The molecule has 27 heteroatoms. The Morgan fingerprint density at radius 1 is 0.154 bits per heavy atom. The number of nitrogens with one attached hydrogen (secondary N) is 2. The number of fused-ring (bicyclic) bond motifs is 60. The molecule has 0 spiro atoms. The summed E-state index contributed by atoms with van der Waals surface area (Å²) in [4.78, 5) is 115. The predicted octanol–water partition coefficient (Wildman–Crippen LogP) is 19.0. The molecule has 15 heterocycles. The van der Waals surface area contributed by atoms with Crippen molar-refractivity contribution in [3.8, 4) is 137 Å². The molecular formula is C96H50CuN24OTi. The molecule has 123 heavy (non-hydrogen) atoms. The summed E-state index contributed by atoms with van der Waals surface area (Å²) >= 11 is 0.750. The van der Waals surface area contributed by atoms with Gasteiger partial charge in [-0.2, -0.15) is 0 Å². The van der Waals surface area contributed by atoms with E-state index in [9.17, 15) is 0 Å². The summed E-state index contributed by atoms with van der Waals surface area (Å²) in [6.45, 7) is 0. The third-order valence-electron chi connectivity index (χ3n) is 22.1. The molecule has 6 aliphatic rings. The number of aromatic amines is 2. The first kappa shape index (κ1) is 72.0. The number of nitrogens with zero attached hydrogens (tertiary/aromatic N) is 22. The number of hydrogen-bond acceptors (Lipinski definition) is 19. The van der Waals surface area contributed by atoms with Gasteiger partial charge in [0.1, 0.15) is 22.6 Å². The first-order chi connectivity index (χ1) is 60.4. The van der Waals surface area contributed by atoms with Gasteiger partial charge in [0.2, 0.25) is 0 Å². The zero-order valence-corrected chi connectivity index (χ0v) is 66.3. The maximum absolute atomic E-state index is 8.25. The van der Waals surface area contributed by atoms with Gasteiger partial charge in [0.05, 0.1) is 46.6 Å². The average molecular weight is 1670 g/mol. The van der Waals surface area contributed by atoms with Crippen molar-refractivity contribution in [2.45, 2.75) is 0 Å². The molecule has 2 N–H and O–H groups in total. The van der Waals surface area contributed by atoms with Crippen LogP contribution in [0.1, 0.15) is 0 Å². The molecule has 0 saturated carbocycles. The largest absolute Gasteiger partial charge is 0.357 e. The summed E-state index contributed by atoms with van der Waals surface area (Å²) in [6, 6.07) is 95.9. The minimum atomic E-state index is 0. The van der Waals surface area contributed by atoms with Crippen molar-refractivity contribution in [2.75, 3.05) is 0 Å². The molecule has 0 amide bonds. The van der Waals surface area contributed by atoms with E-state index < -0.39 is 0 Å². The molecule has 0 unspecified atom stereocenters. The van der Waals surface area contributed by atoms with Crippen molar-refractivity contribution in [1.29, 1.82) is 0 Å². The maximum atomic E-state index is 8.25. The fourth-order valence-electron chi connectivity index (χ4n) is 16.5. The predicted molar refractivity (Wildman–Crippen MR) is 465 cm³/mol. The zero-order valence-electron chi connectivity index (χ0n) is 63.8. The molecule has 0 saturated heterocycles. The topological polar surface area (TPSA) is 337 Å². The smallest absolute Gasteiger partial charge is 0.164 e. The van der Waals surface area contributed by atoms with E-state index in [0.717, 1.165) is 152 Å². The van der Waals surface area contributed by atoms with Crippen molar-refractivity contribution < 1.29 is 40.8 Å². The van der Waals surface area contributed by atoms with E-state index in [-0.39, 0.29) is 17.1 Å². The molecule has 1 radical (unpaired) electrons. The van der Waals surface area contributed by atoms with E-state index >= 15 is 0 Å². The van der Waals surface area contributed by atoms with Crippen LogP contribution in [-0.4, -0.2) is 99.7 Å². The molecule has 575 valence electrons. The van der Waals surface area contributed by atoms with E-state index in [2.05, 4.69) is 9.97 Å². The molecule has 0 atom stereocenters. The third-order valence-corrected chi connectivity index (χ3v) is 22.1. The molecule has 21 aromatic rings. The second kappa shape index (κ2) is 29.1. The molecular weight excluding hydrogens is 1620 g/mol. The van der Waals surface area contributed by atoms with E-state index in [1.165, 1.54) is 0 Å². The van der Waals surface area contributed by atoms with Gasteiger partial charge in [-0.25, -0.2) is 49.8 Å². The first-order valence-electron chi connectivity index (χ1n) is 39.0. The Hall–Kier alpha value is -16.2. The minimum absolute atomic E-state index is 0. The van der Waals surface area contributed by atoms with Crippen LogP contribution in [0, 0.1) is 0 Å². The van der Waals surface area contributed by atoms with Crippen LogP contribution in [0.25, 0.3) is 269 Å². The Bertz CT molecular complexity index is 6920. The van der Waals surface area contributed by atoms with E-state index in [0.29, 0.717) is 138 Å². The van der Waals surface area contributed by atoms with Crippen molar-refractivity contribution in [1.82, 2.24) is 120 Å². The van der Waals surface area contributed by atoms with Crippen molar-refractivity contribution in [2.24, 2.45) is 0 Å². The summed E-state index contributed by atoms with van der Waals surface area (Å²) in [5.74, 6) is 6.80. The number of aromatic nitrogens is 24. The molecule has 25 nitrogen and oxygen atoms in total. The first-order valence-corrected chi connectivity index (χ1v) is 39.6. The standard InChI is InChI=1S/C32H18N8.2C32H16N8.Cu.O.Ti/c3*1-2-10-18-17(9-1)25-33-26(18)38-28-21-13-5-6-14-22(21)30(35-28)40-32-24-16-8-7-15-23(24)31(36-32)39-29-20-12-4-3-11-19(20)27(34-29)37-25;;;/h1-16H,(H2,33,34,35,36,37,38,39,40);2*1-16H;;;/q;2*-2;+2;;+2. The monoisotopic (exact) mass is 1670 g/mol. The summed E-state index contributed by atoms with van der Waals surface area (Å²) in [5, 5.41) is 11.0. The van der Waals surface area contributed by atoms with Crippen LogP contribution in [0.5, 0.6) is 0 Å². The van der Waals surface area contributed by atoms with Crippen molar-refractivity contribution >= 4 is 132 Å². The summed E-state index contributed by atoms with van der Waals surface area (Å²) in [6.07, 6.45) is 0. The van der Waals surface area contributed by atoms with Gasteiger partial charge in [-0.05, 0) is 43.1 Å². The number of H-pyrrole nitrogens is 2. The van der Waals surface area contributed by atoms with Gasteiger partial charge < -0.3 is 69.8 Å². The van der Waals surface area contributed by atoms with Crippen LogP contribution in [-0.2, 0) is 40.8 Å². The molecule has 12 aromatic carbocycles. The quantitative estimate of drug-likeness (QED) is 0.133. The third kappa shape index (κ3) is 12.0. The Balaban J connectivity index is 0.000000105. The van der Waals surface area contributed by atoms with E-state index in [1.807, 2.05) is 291 Å². The maximum Gasteiger partial charge on any atom is 0.164 e. The van der Waals surface area contributed by atoms with E-state index in [4.69, 9.17) is 113 Å². The minimum Gasteiger partial charge on any atom is -0.357 e. The Labute approximate surface area is 715 Å². The molecule has 24 bridgehead atoms. The van der Waals surface area contributed by atoms with Crippen LogP contribution < -0.4 is 19.9 Å². The second-order valence-electron chi connectivity index (χ2n) is 29.1. The summed E-state index contributed by atoms with van der Waals surface area (Å²) in [5.41, 5.74) is 18.0. The van der Waals surface area contributed by atoms with Crippen molar-refractivity contribution in [3.05, 3.63) is 291 Å². The number of rotatable bonds is 0. The van der Waals surface area contributed by atoms with Gasteiger partial charge in [0.15, 0.2) is 23.3 Å². The Morgan fingerprint density at radius 3 is 0.407 bits per heavy atom. The molecule has 0 aliphatic carbocycles. The fraction of sp³-hybridized carbons (Fsp3) is 0. The van der Waals surface area contributed by atoms with Gasteiger partial charge in [-0.1, -0.05) is 291 Å². The van der Waals surface area contributed by atoms with Gasteiger partial charge in [0.25, 0.3) is 0 Å². The normalized spacial score (nSPS) is 11.8. The van der Waals surface area contributed by atoms with Gasteiger partial charge in [0, 0.05) is 133 Å². The average Bonchev–Trinajstić information content (AvgIpc) is 1.61. The summed E-state index contributed by atoms with van der Waals surface area (Å²) in [7, 11) is 0. The van der Waals surface area contributed by atoms with Crippen molar-refractivity contribution in [3.63, 3.8) is 0 Å². The zero-order chi connectivity index (χ0) is 80.6. The summed E-state index contributed by atoms with van der Waals surface area (Å²) < 4.78 is 8.25. The molecule has 6 aliphatic heterocycles. The SMILES string of the molecule is [Cu+2].[O]=[Ti+2].c1ccc2c(c1)-c1nc-2nc2[n-]c(nc3nc(nc4[n-]c(n1)c1ccccc41)-c1ccccc1-3)c1ccccc21.c1ccc2c(c1)-c1nc-2nc2[n-]c(nc3nc(nc4[n-]c(n1)c1ccccc41)-c1ccccc1-3)c1ccccc21.c1ccc2c(c1)-c1nc-2nc2[nH]c(nc3nc(nc4[nH]c(n1)c1ccccc41)-c1ccccc1-3)c1ccccc21. The van der Waals surface area contributed by atoms with Crippen LogP contribution in [0.4, 0.5) is 0 Å². The van der Waals surface area contributed by atoms with Crippen LogP contribution in [0.2, 0.25) is 0 Å². The van der Waals surface area contributed by atoms with Crippen LogP contribution in [0.15, 0.2) is 291 Å². The molecule has 27 rings (SSSR count). The molecule has 9 aromatic heterocycles. The van der Waals surface area contributed by atoms with Gasteiger partial charge in [-0.3, -0.25) is 0 Å². The van der Waals surface area contributed by atoms with Crippen LogP contribution >= 0.6 is 0 Å². The van der Waals surface area contributed by atoms with Crippen LogP contribution in [0.3, 0.4) is 0 Å². The van der Waals surface area contributed by atoms with Gasteiger partial charge in [-0.15, -0.1) is 0 Å². The number of hydrogen-bond donors (Lipinski definition) is 2. The Kier molecular flexibility index (Phi) is 17.0. The fourth-order valence-corrected chi connectivity index (χ4v) is 16.5. The van der Waals surface area contributed by atoms with E-state index in [1.54, 1.807) is 0 Å².